The molecule has 0 saturated heterocycles. The third-order valence-corrected chi connectivity index (χ3v) is 2.87. The second kappa shape index (κ2) is 6.00. The van der Waals surface area contributed by atoms with Crippen LogP contribution in [0.5, 0.6) is 0 Å². The number of hydrogen-bond acceptors (Lipinski definition) is 5. The number of nitrogens with one attached hydrogen (secondary N) is 1. The zero-order chi connectivity index (χ0) is 15.4. The van der Waals surface area contributed by atoms with E-state index in [1.54, 1.807) is 18.3 Å². The van der Waals surface area contributed by atoms with Crippen molar-refractivity contribution in [3.8, 4) is 0 Å². The van der Waals surface area contributed by atoms with Crippen LogP contribution in [0.4, 0.5) is 5.69 Å². The first-order chi connectivity index (χ1) is 10.0. The molecule has 21 heavy (non-hydrogen) atoms. The fourth-order valence-electron chi connectivity index (χ4n) is 1.86. The number of nitro groups is 1. The number of carbonyl (C=O) groups is 2. The highest BCUT2D eigenvalue weighted by Gasteiger charge is 2.24. The molecule has 1 aromatic heterocycles. The lowest BCUT2D eigenvalue weighted by Crippen LogP contribution is -2.16. The van der Waals surface area contributed by atoms with Gasteiger partial charge < -0.3 is 9.72 Å². The highest BCUT2D eigenvalue weighted by molar-refractivity contribution is 5.99. The normalized spacial score (nSPS) is 10.1. The van der Waals surface area contributed by atoms with Gasteiger partial charge in [0.15, 0.2) is 6.61 Å². The average Bonchev–Trinajstić information content (AvgIpc) is 2.97. The summed E-state index contributed by atoms with van der Waals surface area (Å²) in [7, 11) is 0. The molecule has 108 valence electrons. The molecule has 0 spiro atoms. The number of carbonyl (C=O) groups excluding carboxylic acids is 2. The van der Waals surface area contributed by atoms with E-state index < -0.39 is 23.3 Å². The van der Waals surface area contributed by atoms with Crippen molar-refractivity contribution in [3.63, 3.8) is 0 Å². The smallest absolute Gasteiger partial charge is 0.345 e. The molecule has 1 N–H and O–H groups in total. The van der Waals surface area contributed by atoms with Gasteiger partial charge in [-0.1, -0.05) is 12.1 Å². The number of aromatic amines is 1. The lowest BCUT2D eigenvalue weighted by atomic mass is 10.1. The number of esters is 1. The molecular formula is C14H12N2O5. The zero-order valence-electron chi connectivity index (χ0n) is 11.2. The fraction of sp³-hybridized carbons (Fsp3) is 0.143. The summed E-state index contributed by atoms with van der Waals surface area (Å²) in [6.07, 6.45) is 1.57. The SMILES string of the molecule is Cc1cccc(C(=O)OCC(=O)c2ccc[nH]2)c1[N+](=O)[O-]. The first-order valence-corrected chi connectivity index (χ1v) is 6.08. The third-order valence-electron chi connectivity index (χ3n) is 2.87. The van der Waals surface area contributed by atoms with Gasteiger partial charge in [-0.15, -0.1) is 0 Å². The summed E-state index contributed by atoms with van der Waals surface area (Å²) in [6, 6.07) is 7.53. The number of Topliss-reactive ketones (excluding diaryl/α,β-unsaturated/α-hetero) is 1. The Bertz CT molecular complexity index is 691. The van der Waals surface area contributed by atoms with Crippen LogP contribution in [0.1, 0.15) is 26.4 Å². The molecule has 0 atom stereocenters. The van der Waals surface area contributed by atoms with Crippen molar-refractivity contribution in [2.75, 3.05) is 6.61 Å². The van der Waals surface area contributed by atoms with E-state index in [9.17, 15) is 19.7 Å². The number of benzene rings is 1. The van der Waals surface area contributed by atoms with Crippen molar-refractivity contribution in [1.29, 1.82) is 0 Å². The second-order valence-corrected chi connectivity index (χ2v) is 4.31. The molecule has 2 rings (SSSR count). The van der Waals surface area contributed by atoms with Crippen molar-refractivity contribution in [2.24, 2.45) is 0 Å². The van der Waals surface area contributed by atoms with Gasteiger partial charge in [0.05, 0.1) is 10.6 Å². The first kappa shape index (κ1) is 14.4. The predicted molar refractivity (Wildman–Crippen MR) is 73.2 cm³/mol. The lowest BCUT2D eigenvalue weighted by Gasteiger charge is -2.05. The van der Waals surface area contributed by atoms with Crippen LogP contribution in [0.3, 0.4) is 0 Å². The number of hydrogen-bond donors (Lipinski definition) is 1. The van der Waals surface area contributed by atoms with Crippen LogP contribution < -0.4 is 0 Å². The number of rotatable bonds is 5. The van der Waals surface area contributed by atoms with Crippen LogP contribution in [-0.2, 0) is 4.74 Å². The van der Waals surface area contributed by atoms with Crippen LogP contribution in [0.15, 0.2) is 36.5 Å². The maximum absolute atomic E-state index is 11.9. The van der Waals surface area contributed by atoms with E-state index in [2.05, 4.69) is 4.98 Å². The summed E-state index contributed by atoms with van der Waals surface area (Å²) in [5.74, 6) is -1.31. The highest BCUT2D eigenvalue weighted by atomic mass is 16.6. The third kappa shape index (κ3) is 3.14. The number of ketones is 1. The summed E-state index contributed by atoms with van der Waals surface area (Å²) in [5.41, 5.74) is 0.181. The fourth-order valence-corrected chi connectivity index (χ4v) is 1.86. The highest BCUT2D eigenvalue weighted by Crippen LogP contribution is 2.23. The number of H-pyrrole nitrogens is 1. The van der Waals surface area contributed by atoms with Gasteiger partial charge in [-0.25, -0.2) is 4.79 Å². The van der Waals surface area contributed by atoms with Crippen molar-refractivity contribution in [2.45, 2.75) is 6.92 Å². The minimum absolute atomic E-state index is 0.167. The van der Waals surface area contributed by atoms with E-state index in [4.69, 9.17) is 4.74 Å². The molecular weight excluding hydrogens is 276 g/mol. The maximum Gasteiger partial charge on any atom is 0.345 e. The van der Waals surface area contributed by atoms with E-state index >= 15 is 0 Å². The molecule has 0 bridgehead atoms. The number of aryl methyl sites for hydroxylation is 1. The molecule has 7 nitrogen and oxygen atoms in total. The number of nitrogens with zero attached hydrogens (tertiary/aromatic N) is 1. The second-order valence-electron chi connectivity index (χ2n) is 4.31. The van der Waals surface area contributed by atoms with Gasteiger partial charge in [0, 0.05) is 11.8 Å². The molecule has 0 aliphatic carbocycles. The summed E-state index contributed by atoms with van der Waals surface area (Å²) in [4.78, 5) is 36.6. The molecule has 0 saturated carbocycles. The standard InChI is InChI=1S/C14H12N2O5/c1-9-4-2-5-10(13(9)16(19)20)14(18)21-8-12(17)11-6-3-7-15-11/h2-7,15H,8H2,1H3. The topological polar surface area (TPSA) is 102 Å². The molecule has 0 fully saturated rings. The Morgan fingerprint density at radius 1 is 1.29 bits per heavy atom. The maximum atomic E-state index is 11.9. The Labute approximate surface area is 119 Å². The summed E-state index contributed by atoms with van der Waals surface area (Å²) in [6.45, 7) is 1.05. The largest absolute Gasteiger partial charge is 0.453 e. The number of aromatic nitrogens is 1. The number of para-hydroxylation sites is 1. The van der Waals surface area contributed by atoms with Gasteiger partial charge in [0.2, 0.25) is 5.78 Å². The molecule has 0 aliphatic heterocycles. The van der Waals surface area contributed by atoms with Gasteiger partial charge in [0.25, 0.3) is 5.69 Å². The van der Waals surface area contributed by atoms with E-state index in [0.29, 0.717) is 11.3 Å². The predicted octanol–water partition coefficient (Wildman–Crippen LogP) is 2.27. The molecule has 0 radical (unpaired) electrons. The number of ether oxygens (including phenoxy) is 1. The average molecular weight is 288 g/mol. The monoisotopic (exact) mass is 288 g/mol. The van der Waals surface area contributed by atoms with E-state index in [1.807, 2.05) is 0 Å². The molecule has 0 unspecified atom stereocenters. The Balaban J connectivity index is 2.13. The molecule has 2 aromatic rings. The first-order valence-electron chi connectivity index (χ1n) is 6.08. The van der Waals surface area contributed by atoms with Crippen molar-refractivity contribution >= 4 is 17.4 Å². The summed E-state index contributed by atoms with van der Waals surface area (Å²) in [5, 5.41) is 11.0. The van der Waals surface area contributed by atoms with Crippen LogP contribution in [0, 0.1) is 17.0 Å². The Hall–Kier alpha value is -2.96. The van der Waals surface area contributed by atoms with Gasteiger partial charge >= 0.3 is 5.97 Å². The molecule has 1 heterocycles. The van der Waals surface area contributed by atoms with E-state index in [1.165, 1.54) is 25.1 Å². The Kier molecular flexibility index (Phi) is 4.13. The zero-order valence-corrected chi connectivity index (χ0v) is 11.2. The number of nitro benzene ring substituents is 1. The minimum Gasteiger partial charge on any atom is -0.453 e. The molecule has 7 heteroatoms. The van der Waals surface area contributed by atoms with Gasteiger partial charge in [0.1, 0.15) is 5.56 Å². The van der Waals surface area contributed by atoms with Crippen molar-refractivity contribution in [1.82, 2.24) is 4.98 Å². The van der Waals surface area contributed by atoms with Gasteiger partial charge in [-0.2, -0.15) is 0 Å². The molecule has 0 aliphatic rings. The lowest BCUT2D eigenvalue weighted by molar-refractivity contribution is -0.385. The van der Waals surface area contributed by atoms with E-state index in [-0.39, 0.29) is 11.3 Å². The Morgan fingerprint density at radius 2 is 2.05 bits per heavy atom. The van der Waals surface area contributed by atoms with Crippen molar-refractivity contribution < 1.29 is 19.2 Å². The van der Waals surface area contributed by atoms with Crippen molar-refractivity contribution in [3.05, 3.63) is 63.5 Å². The van der Waals surface area contributed by atoms with Gasteiger partial charge in [-0.05, 0) is 25.1 Å². The molecule has 1 aromatic carbocycles. The minimum atomic E-state index is -0.898. The van der Waals surface area contributed by atoms with Crippen LogP contribution in [0.25, 0.3) is 0 Å². The van der Waals surface area contributed by atoms with Gasteiger partial charge in [-0.3, -0.25) is 14.9 Å². The molecule has 0 amide bonds. The Morgan fingerprint density at radius 3 is 2.67 bits per heavy atom. The van der Waals surface area contributed by atoms with Crippen LogP contribution in [0.2, 0.25) is 0 Å². The quantitative estimate of drug-likeness (QED) is 0.393. The van der Waals surface area contributed by atoms with Crippen LogP contribution >= 0.6 is 0 Å². The van der Waals surface area contributed by atoms with E-state index in [0.717, 1.165) is 0 Å². The summed E-state index contributed by atoms with van der Waals surface area (Å²) >= 11 is 0. The summed E-state index contributed by atoms with van der Waals surface area (Å²) < 4.78 is 4.85. The van der Waals surface area contributed by atoms with Crippen LogP contribution in [-0.4, -0.2) is 28.3 Å².